The van der Waals surface area contributed by atoms with E-state index in [1.807, 2.05) is 0 Å². The monoisotopic (exact) mass is 705 g/mol. The first kappa shape index (κ1) is 42.1. The number of alkyl carbamates (subject to hydrolysis) is 2. The first-order chi connectivity index (χ1) is 23.5. The number of hydrogen-bond acceptors (Lipinski definition) is 11. The summed E-state index contributed by atoms with van der Waals surface area (Å²) in [5, 5.41) is 28.1. The molecule has 280 valence electrons. The largest absolute Gasteiger partial charge is 0.481 e. The number of aliphatic carboxylic acids is 1. The van der Waals surface area contributed by atoms with Crippen LogP contribution in [0.15, 0.2) is 30.3 Å². The predicted molar refractivity (Wildman–Crippen MR) is 183 cm³/mol. The van der Waals surface area contributed by atoms with Crippen LogP contribution in [0.25, 0.3) is 0 Å². The Labute approximate surface area is 294 Å². The summed E-state index contributed by atoms with van der Waals surface area (Å²) in [5.74, 6) is -7.40. The zero-order valence-electron chi connectivity index (χ0n) is 30.0. The molecule has 1 saturated carbocycles. The van der Waals surface area contributed by atoms with Gasteiger partial charge in [-0.15, -0.1) is 0 Å². The molecule has 0 heterocycles. The average molecular weight is 706 g/mol. The van der Waals surface area contributed by atoms with Gasteiger partial charge in [-0.05, 0) is 36.2 Å². The van der Waals surface area contributed by atoms with Crippen LogP contribution in [0.4, 0.5) is 9.59 Å². The number of carboxylic acid groups (broad SMARTS) is 1. The number of aliphatic hydroxyl groups is 1. The summed E-state index contributed by atoms with van der Waals surface area (Å²) in [4.78, 5) is 78.7. The number of ether oxygens (including phenoxy) is 2. The number of carbonyl (C=O) groups excluding carboxylic acids is 5. The van der Waals surface area contributed by atoms with E-state index < -0.39 is 84.0 Å². The van der Waals surface area contributed by atoms with Gasteiger partial charge in [0.25, 0.3) is 5.91 Å². The fraction of sp³-hybridized carbons (Fsp3) is 0.657. The number of carboxylic acids is 1. The van der Waals surface area contributed by atoms with Crippen molar-refractivity contribution in [2.45, 2.75) is 90.4 Å². The average Bonchev–Trinajstić information content (AvgIpc) is 3.07. The highest BCUT2D eigenvalue weighted by Gasteiger charge is 2.50. The van der Waals surface area contributed by atoms with Crippen LogP contribution in [0.2, 0.25) is 0 Å². The topological polar surface area (TPSA) is 227 Å². The van der Waals surface area contributed by atoms with Crippen molar-refractivity contribution in [3.8, 4) is 0 Å². The lowest BCUT2D eigenvalue weighted by Gasteiger charge is -2.41. The van der Waals surface area contributed by atoms with Gasteiger partial charge >= 0.3 is 18.2 Å². The van der Waals surface area contributed by atoms with Crippen molar-refractivity contribution in [1.29, 1.82) is 0 Å². The molecule has 1 fully saturated rings. The van der Waals surface area contributed by atoms with Gasteiger partial charge < -0.3 is 30.3 Å². The number of Topliss-reactive ketones (excluding diaryl/α,β-unsaturated/α-hetero) is 2. The number of ketones is 2. The number of amides is 3. The minimum atomic E-state index is -2.50. The van der Waals surface area contributed by atoms with Gasteiger partial charge in [0, 0.05) is 25.4 Å². The molecule has 15 heteroatoms. The van der Waals surface area contributed by atoms with Crippen molar-refractivity contribution in [3.05, 3.63) is 35.9 Å². The van der Waals surface area contributed by atoms with E-state index in [2.05, 4.69) is 16.1 Å². The van der Waals surface area contributed by atoms with Crippen molar-refractivity contribution in [2.24, 2.45) is 35.3 Å². The lowest BCUT2D eigenvalue weighted by atomic mass is 9.71. The second-order valence-electron chi connectivity index (χ2n) is 13.6. The van der Waals surface area contributed by atoms with E-state index in [4.69, 9.17) is 15.2 Å². The third-order valence-corrected chi connectivity index (χ3v) is 9.15. The van der Waals surface area contributed by atoms with E-state index in [1.54, 1.807) is 45.9 Å². The Balaban J connectivity index is 2.76. The van der Waals surface area contributed by atoms with Crippen LogP contribution in [0.1, 0.15) is 78.2 Å². The molecule has 0 spiro atoms. The van der Waals surface area contributed by atoms with Gasteiger partial charge in [0.1, 0.15) is 17.6 Å². The van der Waals surface area contributed by atoms with Crippen LogP contribution in [0, 0.1) is 29.6 Å². The van der Waals surface area contributed by atoms with E-state index in [9.17, 15) is 39.0 Å². The number of methoxy groups -OCH3 is 2. The van der Waals surface area contributed by atoms with Gasteiger partial charge in [-0.25, -0.2) is 14.6 Å². The summed E-state index contributed by atoms with van der Waals surface area (Å²) >= 11 is 0. The number of carbonyl (C=O) groups is 6. The van der Waals surface area contributed by atoms with Gasteiger partial charge in [-0.3, -0.25) is 30.3 Å². The van der Waals surface area contributed by atoms with Gasteiger partial charge in [-0.2, -0.15) is 0 Å². The molecule has 1 aromatic carbocycles. The second-order valence-corrected chi connectivity index (χ2v) is 13.6. The normalized spacial score (nSPS) is 17.2. The third-order valence-electron chi connectivity index (χ3n) is 9.15. The number of benzene rings is 1. The highest BCUT2D eigenvalue weighted by atomic mass is 16.5. The van der Waals surface area contributed by atoms with E-state index in [1.165, 1.54) is 24.3 Å². The number of nitrogens with zero attached hydrogens (tertiary/aromatic N) is 1. The van der Waals surface area contributed by atoms with Crippen LogP contribution >= 0.6 is 0 Å². The fourth-order valence-corrected chi connectivity index (χ4v) is 6.39. The molecule has 3 amide bonds. The molecule has 7 N–H and O–H groups in total. The van der Waals surface area contributed by atoms with Crippen molar-refractivity contribution in [3.63, 3.8) is 0 Å². The molecular formula is C35H55N5O10. The molecule has 0 bridgehead atoms. The summed E-state index contributed by atoms with van der Waals surface area (Å²) in [7, 11) is 2.30. The Morgan fingerprint density at radius 3 is 1.92 bits per heavy atom. The van der Waals surface area contributed by atoms with E-state index in [0.29, 0.717) is 0 Å². The zero-order chi connectivity index (χ0) is 37.6. The van der Waals surface area contributed by atoms with Gasteiger partial charge in [0.15, 0.2) is 5.78 Å². The van der Waals surface area contributed by atoms with Gasteiger partial charge in [-0.1, -0.05) is 77.3 Å². The van der Waals surface area contributed by atoms with E-state index in [-0.39, 0.29) is 30.5 Å². The predicted octanol–water partition coefficient (Wildman–Crippen LogP) is 2.70. The van der Waals surface area contributed by atoms with Crippen LogP contribution in [-0.4, -0.2) is 90.2 Å². The SMILES string of the molecule is COC(=O)N[C@H](C(=O)NN(CC1CCCCC1)C[C@H](C(=O)CCC(=O)O)C(C(=O)[C@@H](NC(=O)OC)C(C)C)C(N)(O)c1ccccc1)C(C)C. The summed E-state index contributed by atoms with van der Waals surface area (Å²) in [5.41, 5.74) is 7.09. The molecule has 0 saturated heterocycles. The van der Waals surface area contributed by atoms with Crippen LogP contribution < -0.4 is 21.8 Å². The Morgan fingerprint density at radius 1 is 0.880 bits per heavy atom. The number of hydrogen-bond donors (Lipinski definition) is 6. The van der Waals surface area contributed by atoms with Gasteiger partial charge in [0.05, 0.1) is 32.6 Å². The number of rotatable bonds is 19. The van der Waals surface area contributed by atoms with Crippen molar-refractivity contribution in [1.82, 2.24) is 21.1 Å². The Morgan fingerprint density at radius 2 is 1.42 bits per heavy atom. The summed E-state index contributed by atoms with van der Waals surface area (Å²) in [6.07, 6.45) is 1.83. The first-order valence-corrected chi connectivity index (χ1v) is 17.1. The molecular weight excluding hydrogens is 650 g/mol. The Bertz CT molecular complexity index is 1300. The number of hydrazine groups is 1. The van der Waals surface area contributed by atoms with Crippen molar-refractivity contribution < 1.29 is 48.5 Å². The standard InChI is InChI=1S/C35H55N5O10/c1-21(2)29(37-33(46)49-5)31(44)28(35(36,48)24-15-11-8-12-16-24)25(26(41)17-18-27(42)43)20-40(19-23-13-9-7-10-14-23)39-32(45)30(22(3)4)38-34(47)50-6/h8,11-12,15-16,21-23,25,28-30,48H,7,9-10,13-14,17-20,36H2,1-6H3,(H,37,46)(H,38,47)(H,39,45)(H,42,43)/t25-,28?,29+,30+,35?/m1/s1. The lowest BCUT2D eigenvalue weighted by Crippen LogP contribution is -2.61. The molecule has 0 aromatic heterocycles. The maximum Gasteiger partial charge on any atom is 0.407 e. The lowest BCUT2D eigenvalue weighted by molar-refractivity contribution is -0.150. The summed E-state index contributed by atoms with van der Waals surface area (Å²) < 4.78 is 9.46. The number of nitrogens with two attached hydrogens (primary N) is 1. The molecule has 1 aromatic rings. The van der Waals surface area contributed by atoms with Crippen LogP contribution in [0.5, 0.6) is 0 Å². The third kappa shape index (κ3) is 12.4. The first-order valence-electron chi connectivity index (χ1n) is 17.1. The second kappa shape index (κ2) is 19.9. The maximum absolute atomic E-state index is 14.6. The zero-order valence-corrected chi connectivity index (χ0v) is 30.0. The van der Waals surface area contributed by atoms with Crippen LogP contribution in [0.3, 0.4) is 0 Å². The molecule has 5 atom stereocenters. The van der Waals surface area contributed by atoms with Crippen LogP contribution in [-0.2, 0) is 34.4 Å². The number of nitrogens with one attached hydrogen (secondary N) is 3. The molecule has 2 unspecified atom stereocenters. The molecule has 0 aliphatic heterocycles. The summed E-state index contributed by atoms with van der Waals surface area (Å²) in [6.45, 7) is 6.67. The maximum atomic E-state index is 14.6. The quantitative estimate of drug-likeness (QED) is 0.0902. The highest BCUT2D eigenvalue weighted by Crippen LogP contribution is 2.35. The van der Waals surface area contributed by atoms with E-state index >= 15 is 0 Å². The van der Waals surface area contributed by atoms with E-state index in [0.717, 1.165) is 39.2 Å². The smallest absolute Gasteiger partial charge is 0.407 e. The molecule has 0 radical (unpaired) electrons. The highest BCUT2D eigenvalue weighted by molar-refractivity contribution is 5.96. The minimum absolute atomic E-state index is 0.0920. The van der Waals surface area contributed by atoms with Gasteiger partial charge in [0.2, 0.25) is 0 Å². The van der Waals surface area contributed by atoms with Crippen molar-refractivity contribution >= 4 is 35.6 Å². The molecule has 1 aliphatic carbocycles. The summed E-state index contributed by atoms with van der Waals surface area (Å²) in [6, 6.07) is 5.53. The molecule has 2 rings (SSSR count). The Hall–Kier alpha value is -4.08. The molecule has 15 nitrogen and oxygen atoms in total. The fourth-order valence-electron chi connectivity index (χ4n) is 6.39. The minimum Gasteiger partial charge on any atom is -0.481 e. The molecule has 50 heavy (non-hydrogen) atoms. The Kier molecular flexibility index (Phi) is 16.8. The van der Waals surface area contributed by atoms with Crippen molar-refractivity contribution in [2.75, 3.05) is 27.3 Å². The molecule has 1 aliphatic rings.